The Hall–Kier alpha value is -2.03. The molecule has 3 heterocycles. The third-order valence-corrected chi connectivity index (χ3v) is 7.70. The largest absolute Gasteiger partial charge is 0.495 e. The second-order valence-electron chi connectivity index (χ2n) is 8.11. The average molecular weight is 351 g/mol. The van der Waals surface area contributed by atoms with Gasteiger partial charge in [-0.25, -0.2) is 0 Å². The molecule has 4 aliphatic rings. The highest BCUT2D eigenvalue weighted by molar-refractivity contribution is 5.76. The van der Waals surface area contributed by atoms with Gasteiger partial charge in [-0.1, -0.05) is 23.8 Å². The van der Waals surface area contributed by atoms with Gasteiger partial charge in [-0.3, -0.25) is 4.90 Å². The van der Waals surface area contributed by atoms with E-state index in [0.29, 0.717) is 6.42 Å². The summed E-state index contributed by atoms with van der Waals surface area (Å²) in [6, 6.07) is 8.81. The number of aliphatic hydroxyl groups excluding tert-OH is 1. The number of fused-ring (bicyclic) bond motifs is 2. The Balaban J connectivity index is 1.85. The molecular weight excluding hydrogens is 326 g/mol. The summed E-state index contributed by atoms with van der Waals surface area (Å²) < 4.78 is 5.68. The van der Waals surface area contributed by atoms with Gasteiger partial charge in [0.05, 0.1) is 36.3 Å². The summed E-state index contributed by atoms with van der Waals surface area (Å²) in [5.41, 5.74) is 2.57. The Kier molecular flexibility index (Phi) is 3.12. The number of hydrogen-bond acceptors (Lipinski definition) is 5. The molecule has 0 aromatic heterocycles. The van der Waals surface area contributed by atoms with Crippen molar-refractivity contribution in [2.24, 2.45) is 11.8 Å². The molecule has 1 aliphatic carbocycles. The minimum atomic E-state index is -0.493. The van der Waals surface area contributed by atoms with E-state index >= 15 is 0 Å². The predicted octanol–water partition coefficient (Wildman–Crippen LogP) is 2.27. The van der Waals surface area contributed by atoms with E-state index in [1.165, 1.54) is 5.57 Å². The molecule has 1 saturated carbocycles. The van der Waals surface area contributed by atoms with Crippen molar-refractivity contribution in [1.29, 1.82) is 5.26 Å². The fraction of sp³-hybridized carbons (Fsp3) is 0.571. The Morgan fingerprint density at radius 2 is 2.23 bits per heavy atom. The second-order valence-corrected chi connectivity index (χ2v) is 8.11. The van der Waals surface area contributed by atoms with Gasteiger partial charge in [-0.2, -0.15) is 5.26 Å². The average Bonchev–Trinajstić information content (AvgIpc) is 3.14. The van der Waals surface area contributed by atoms with E-state index in [0.717, 1.165) is 36.5 Å². The number of benzene rings is 1. The van der Waals surface area contributed by atoms with Crippen LogP contribution in [-0.4, -0.2) is 49.0 Å². The maximum atomic E-state index is 11.5. The molecular formula is C21H25N3O2. The van der Waals surface area contributed by atoms with Crippen LogP contribution in [0.3, 0.4) is 0 Å². The minimum absolute atomic E-state index is 0.116. The summed E-state index contributed by atoms with van der Waals surface area (Å²) in [7, 11) is 3.78. The van der Waals surface area contributed by atoms with Gasteiger partial charge in [0.1, 0.15) is 11.4 Å². The molecule has 1 aromatic rings. The maximum Gasteiger partial charge on any atom is 0.142 e. The molecule has 2 saturated heterocycles. The molecule has 5 atom stereocenters. The maximum absolute atomic E-state index is 11.5. The number of methoxy groups -OCH3 is 1. The molecule has 3 fully saturated rings. The Labute approximate surface area is 154 Å². The zero-order chi connectivity index (χ0) is 18.3. The van der Waals surface area contributed by atoms with Crippen LogP contribution in [0.2, 0.25) is 0 Å². The normalized spacial score (nSPS) is 41.7. The van der Waals surface area contributed by atoms with Crippen molar-refractivity contribution in [3.05, 3.63) is 35.4 Å². The number of ether oxygens (including phenoxy) is 1. The molecule has 1 aromatic carbocycles. The van der Waals surface area contributed by atoms with Gasteiger partial charge in [-0.05, 0) is 31.4 Å². The van der Waals surface area contributed by atoms with E-state index in [-0.39, 0.29) is 11.8 Å². The van der Waals surface area contributed by atoms with Crippen LogP contribution >= 0.6 is 0 Å². The van der Waals surface area contributed by atoms with Crippen molar-refractivity contribution in [1.82, 2.24) is 4.90 Å². The van der Waals surface area contributed by atoms with Crippen molar-refractivity contribution in [2.45, 2.75) is 36.9 Å². The number of anilines is 1. The summed E-state index contributed by atoms with van der Waals surface area (Å²) in [6.07, 6.45) is 3.23. The Morgan fingerprint density at radius 1 is 1.42 bits per heavy atom. The Bertz CT molecular complexity index is 859. The number of para-hydroxylation sites is 1. The molecule has 5 nitrogen and oxygen atoms in total. The summed E-state index contributed by atoms with van der Waals surface area (Å²) in [4.78, 5) is 4.72. The van der Waals surface area contributed by atoms with Crippen molar-refractivity contribution in [3.63, 3.8) is 0 Å². The van der Waals surface area contributed by atoms with Crippen LogP contribution in [0.4, 0.5) is 5.69 Å². The van der Waals surface area contributed by atoms with Gasteiger partial charge >= 0.3 is 0 Å². The van der Waals surface area contributed by atoms with Crippen LogP contribution in [0.25, 0.3) is 0 Å². The molecule has 1 N–H and O–H groups in total. The number of rotatable bonds is 1. The summed E-state index contributed by atoms with van der Waals surface area (Å²) in [5.74, 6) is 0.771. The predicted molar refractivity (Wildman–Crippen MR) is 99.0 cm³/mol. The Morgan fingerprint density at radius 3 is 2.92 bits per heavy atom. The summed E-state index contributed by atoms with van der Waals surface area (Å²) in [5, 5.41) is 21.8. The molecule has 3 aliphatic heterocycles. The number of allylic oxidation sites excluding steroid dienone is 1. The van der Waals surface area contributed by atoms with E-state index < -0.39 is 17.2 Å². The highest BCUT2D eigenvalue weighted by Crippen LogP contribution is 2.70. The highest BCUT2D eigenvalue weighted by atomic mass is 16.5. The lowest BCUT2D eigenvalue weighted by Gasteiger charge is -2.62. The summed E-state index contributed by atoms with van der Waals surface area (Å²) >= 11 is 0. The fourth-order valence-electron chi connectivity index (χ4n) is 6.88. The second kappa shape index (κ2) is 5.03. The lowest BCUT2D eigenvalue weighted by Crippen LogP contribution is -2.75. The molecule has 26 heavy (non-hydrogen) atoms. The zero-order valence-electron chi connectivity index (χ0n) is 15.6. The van der Waals surface area contributed by atoms with Gasteiger partial charge in [0.2, 0.25) is 0 Å². The van der Waals surface area contributed by atoms with E-state index in [2.05, 4.69) is 42.0 Å². The first-order chi connectivity index (χ1) is 12.6. The lowest BCUT2D eigenvalue weighted by atomic mass is 9.53. The molecule has 5 rings (SSSR count). The first-order valence-electron chi connectivity index (χ1n) is 9.47. The zero-order valence-corrected chi connectivity index (χ0v) is 15.6. The molecule has 5 heteroatoms. The molecule has 0 radical (unpaired) electrons. The third kappa shape index (κ3) is 1.40. The molecule has 2 bridgehead atoms. The van der Waals surface area contributed by atoms with Crippen molar-refractivity contribution < 1.29 is 9.84 Å². The third-order valence-electron chi connectivity index (χ3n) is 7.70. The van der Waals surface area contributed by atoms with Gasteiger partial charge in [0.15, 0.2) is 0 Å². The topological polar surface area (TPSA) is 59.7 Å². The summed E-state index contributed by atoms with van der Waals surface area (Å²) in [6.45, 7) is 3.84. The van der Waals surface area contributed by atoms with Crippen LogP contribution in [0.15, 0.2) is 29.8 Å². The SMILES string of the molecule is C/C=C1\CN2CC[C@]34c5cccc(OC)c5N(C)[C@]23[C@H](C#N)[C@H]1C[C@H]4O. The van der Waals surface area contributed by atoms with E-state index in [4.69, 9.17) is 4.74 Å². The molecule has 1 spiro atoms. The van der Waals surface area contributed by atoms with Gasteiger partial charge in [-0.15, -0.1) is 0 Å². The van der Waals surface area contributed by atoms with Crippen LogP contribution in [0.1, 0.15) is 25.3 Å². The number of aliphatic hydroxyl groups is 1. The smallest absolute Gasteiger partial charge is 0.142 e. The lowest BCUT2D eigenvalue weighted by molar-refractivity contribution is -0.0912. The van der Waals surface area contributed by atoms with Crippen LogP contribution in [0.5, 0.6) is 5.75 Å². The molecule has 0 amide bonds. The molecule has 0 unspecified atom stereocenters. The van der Waals surface area contributed by atoms with Gasteiger partial charge < -0.3 is 14.7 Å². The van der Waals surface area contributed by atoms with E-state index in [1.807, 2.05) is 12.1 Å². The van der Waals surface area contributed by atoms with Crippen molar-refractivity contribution in [2.75, 3.05) is 32.1 Å². The van der Waals surface area contributed by atoms with Crippen molar-refractivity contribution >= 4 is 5.69 Å². The van der Waals surface area contributed by atoms with Crippen LogP contribution in [-0.2, 0) is 5.41 Å². The number of nitriles is 1. The number of likely N-dealkylation sites (N-methyl/N-ethyl adjacent to an activating group) is 1. The number of piperidine rings is 1. The van der Waals surface area contributed by atoms with Gasteiger partial charge in [0, 0.05) is 26.1 Å². The van der Waals surface area contributed by atoms with E-state index in [1.54, 1.807) is 7.11 Å². The van der Waals surface area contributed by atoms with Crippen LogP contribution < -0.4 is 9.64 Å². The molecule has 136 valence electrons. The fourth-order valence-corrected chi connectivity index (χ4v) is 6.88. The number of hydrogen-bond donors (Lipinski definition) is 1. The van der Waals surface area contributed by atoms with Gasteiger partial charge in [0.25, 0.3) is 0 Å². The highest BCUT2D eigenvalue weighted by Gasteiger charge is 2.77. The van der Waals surface area contributed by atoms with E-state index in [9.17, 15) is 10.4 Å². The van der Waals surface area contributed by atoms with Crippen molar-refractivity contribution in [3.8, 4) is 11.8 Å². The first kappa shape index (κ1) is 16.2. The first-order valence-corrected chi connectivity index (χ1v) is 9.47. The monoisotopic (exact) mass is 351 g/mol. The standard InChI is InChI=1S/C21H25N3O2/c1-4-13-12-24-9-8-20-15-6-5-7-17(26-3)19(15)23(2)21(20,24)16(11-22)14(13)10-18(20)25/h4-7,14,16,18,25H,8-10,12H2,1-3H3/b13-4+/t14-,16+,18+,20+,21+/m0/s1. The van der Waals surface area contributed by atoms with Crippen LogP contribution in [0, 0.1) is 23.2 Å². The minimum Gasteiger partial charge on any atom is -0.495 e. The number of nitrogens with zero attached hydrogens (tertiary/aromatic N) is 3. The quantitative estimate of drug-likeness (QED) is 0.787.